The van der Waals surface area contributed by atoms with Crippen LogP contribution in [0, 0.1) is 0 Å². The minimum Gasteiger partial charge on any atom is -0.472 e. The fourth-order valence-corrected chi connectivity index (χ4v) is 1.94. The molecule has 0 spiro atoms. The van der Waals surface area contributed by atoms with Crippen LogP contribution in [0.25, 0.3) is 0 Å². The Labute approximate surface area is 112 Å². The first kappa shape index (κ1) is 12.0. The van der Waals surface area contributed by atoms with E-state index in [0.717, 1.165) is 29.6 Å². The monoisotopic (exact) mass is 258 g/mol. The van der Waals surface area contributed by atoms with Crippen molar-refractivity contribution < 1.29 is 4.42 Å². The summed E-state index contributed by atoms with van der Waals surface area (Å²) in [5, 5.41) is 6.57. The van der Waals surface area contributed by atoms with Crippen molar-refractivity contribution in [3.63, 3.8) is 0 Å². The van der Waals surface area contributed by atoms with Crippen LogP contribution in [-0.4, -0.2) is 16.5 Å². The van der Waals surface area contributed by atoms with Gasteiger partial charge in [0.1, 0.15) is 17.5 Å². The van der Waals surface area contributed by atoms with Crippen LogP contribution in [0.1, 0.15) is 37.1 Å². The van der Waals surface area contributed by atoms with E-state index >= 15 is 0 Å². The van der Waals surface area contributed by atoms with E-state index < -0.39 is 0 Å². The highest BCUT2D eigenvalue weighted by Crippen LogP contribution is 2.38. The zero-order valence-electron chi connectivity index (χ0n) is 11.0. The number of furan rings is 1. The second kappa shape index (κ2) is 5.30. The Morgan fingerprint density at radius 2 is 2.05 bits per heavy atom. The van der Waals surface area contributed by atoms with Gasteiger partial charge in [-0.3, -0.25) is 0 Å². The maximum absolute atomic E-state index is 5.05. The molecule has 19 heavy (non-hydrogen) atoms. The Bertz CT molecular complexity index is 534. The van der Waals surface area contributed by atoms with Crippen LogP contribution in [0.5, 0.6) is 0 Å². The van der Waals surface area contributed by atoms with E-state index in [2.05, 4.69) is 27.5 Å². The van der Waals surface area contributed by atoms with E-state index in [9.17, 15) is 0 Å². The van der Waals surface area contributed by atoms with Gasteiger partial charge in [0.2, 0.25) is 0 Å². The first-order valence-electron chi connectivity index (χ1n) is 6.73. The normalized spacial score (nSPS) is 14.4. The van der Waals surface area contributed by atoms with Crippen LogP contribution in [0.3, 0.4) is 0 Å². The van der Waals surface area contributed by atoms with Crippen LogP contribution < -0.4 is 10.6 Å². The molecule has 5 nitrogen and oxygen atoms in total. The molecule has 2 aromatic heterocycles. The molecule has 1 aliphatic carbocycles. The lowest BCUT2D eigenvalue weighted by molar-refractivity contribution is 0.564. The van der Waals surface area contributed by atoms with E-state index in [1.54, 1.807) is 12.5 Å². The average Bonchev–Trinajstić information content (AvgIpc) is 3.14. The van der Waals surface area contributed by atoms with Crippen molar-refractivity contribution in [2.45, 2.75) is 32.2 Å². The predicted molar refractivity (Wildman–Crippen MR) is 74.2 cm³/mol. The zero-order chi connectivity index (χ0) is 13.1. The summed E-state index contributed by atoms with van der Waals surface area (Å²) < 4.78 is 5.05. The molecular weight excluding hydrogens is 240 g/mol. The van der Waals surface area contributed by atoms with Crippen LogP contribution in [-0.2, 0) is 6.54 Å². The van der Waals surface area contributed by atoms with Gasteiger partial charge >= 0.3 is 0 Å². The first-order chi connectivity index (χ1) is 9.35. The molecule has 1 aliphatic rings. The molecule has 100 valence electrons. The van der Waals surface area contributed by atoms with E-state index in [4.69, 9.17) is 4.42 Å². The van der Waals surface area contributed by atoms with E-state index in [-0.39, 0.29) is 0 Å². The van der Waals surface area contributed by atoms with Crippen molar-refractivity contribution in [2.75, 3.05) is 17.2 Å². The fourth-order valence-electron chi connectivity index (χ4n) is 1.94. The Hall–Kier alpha value is -2.04. The lowest BCUT2D eigenvalue weighted by atomic mass is 10.3. The van der Waals surface area contributed by atoms with E-state index in [0.29, 0.717) is 12.5 Å². The number of hydrogen-bond donors (Lipinski definition) is 2. The molecule has 2 heterocycles. The molecular formula is C14H18N4O. The number of hydrogen-bond acceptors (Lipinski definition) is 5. The van der Waals surface area contributed by atoms with E-state index in [1.807, 2.05) is 12.1 Å². The van der Waals surface area contributed by atoms with Gasteiger partial charge in [0.25, 0.3) is 0 Å². The van der Waals surface area contributed by atoms with Crippen molar-refractivity contribution in [2.24, 2.45) is 0 Å². The molecule has 2 N–H and O–H groups in total. The van der Waals surface area contributed by atoms with Crippen LogP contribution in [0.15, 0.2) is 29.1 Å². The Morgan fingerprint density at radius 1 is 1.26 bits per heavy atom. The highest BCUT2D eigenvalue weighted by Gasteiger charge is 2.27. The minimum atomic E-state index is 0.549. The molecule has 0 atom stereocenters. The molecule has 5 heteroatoms. The SMILES string of the molecule is CCNc1cc(NCc2ccoc2)nc(C2CC2)n1. The summed E-state index contributed by atoms with van der Waals surface area (Å²) in [6, 6.07) is 3.90. The summed E-state index contributed by atoms with van der Waals surface area (Å²) in [5.41, 5.74) is 1.11. The van der Waals surface area contributed by atoms with Crippen molar-refractivity contribution >= 4 is 11.6 Å². The van der Waals surface area contributed by atoms with Crippen LogP contribution >= 0.6 is 0 Å². The molecule has 1 fully saturated rings. The van der Waals surface area contributed by atoms with Gasteiger partial charge in [0.05, 0.1) is 12.5 Å². The lowest BCUT2D eigenvalue weighted by Gasteiger charge is -2.09. The van der Waals surface area contributed by atoms with Crippen LogP contribution in [0.4, 0.5) is 11.6 Å². The minimum absolute atomic E-state index is 0.549. The topological polar surface area (TPSA) is 63.0 Å². The lowest BCUT2D eigenvalue weighted by Crippen LogP contribution is -2.07. The summed E-state index contributed by atoms with van der Waals surface area (Å²) in [6.07, 6.45) is 5.82. The highest BCUT2D eigenvalue weighted by atomic mass is 16.3. The summed E-state index contributed by atoms with van der Waals surface area (Å²) in [6.45, 7) is 3.64. The predicted octanol–water partition coefficient (Wildman–Crippen LogP) is 2.99. The van der Waals surface area contributed by atoms with Gasteiger partial charge in [-0.1, -0.05) is 0 Å². The summed E-state index contributed by atoms with van der Waals surface area (Å²) in [7, 11) is 0. The Morgan fingerprint density at radius 3 is 2.68 bits per heavy atom. The molecule has 0 aromatic carbocycles. The smallest absolute Gasteiger partial charge is 0.136 e. The molecule has 0 aliphatic heterocycles. The van der Waals surface area contributed by atoms with E-state index in [1.165, 1.54) is 12.8 Å². The molecule has 3 rings (SSSR count). The second-order valence-corrected chi connectivity index (χ2v) is 4.79. The van der Waals surface area contributed by atoms with Gasteiger partial charge in [-0.05, 0) is 25.8 Å². The third-order valence-electron chi connectivity index (χ3n) is 3.10. The molecule has 0 amide bonds. The van der Waals surface area contributed by atoms with Crippen molar-refractivity contribution in [3.8, 4) is 0 Å². The number of rotatable bonds is 6. The zero-order valence-corrected chi connectivity index (χ0v) is 11.0. The molecule has 0 unspecified atom stereocenters. The number of nitrogens with one attached hydrogen (secondary N) is 2. The molecule has 1 saturated carbocycles. The Kier molecular flexibility index (Phi) is 3.35. The fraction of sp³-hybridized carbons (Fsp3) is 0.429. The molecule has 0 bridgehead atoms. The molecule has 2 aromatic rings. The first-order valence-corrected chi connectivity index (χ1v) is 6.73. The average molecular weight is 258 g/mol. The third-order valence-corrected chi connectivity index (χ3v) is 3.10. The van der Waals surface area contributed by atoms with Crippen LogP contribution in [0.2, 0.25) is 0 Å². The number of nitrogens with zero attached hydrogens (tertiary/aromatic N) is 2. The maximum atomic E-state index is 5.05. The molecule has 0 saturated heterocycles. The van der Waals surface area contributed by atoms with Gasteiger partial charge in [0.15, 0.2) is 0 Å². The van der Waals surface area contributed by atoms with Crippen molar-refractivity contribution in [1.29, 1.82) is 0 Å². The van der Waals surface area contributed by atoms with Crippen molar-refractivity contribution in [1.82, 2.24) is 9.97 Å². The van der Waals surface area contributed by atoms with Gasteiger partial charge in [-0.2, -0.15) is 0 Å². The third kappa shape index (κ3) is 3.05. The standard InChI is InChI=1S/C14H18N4O/c1-2-15-12-7-13(16-8-10-5-6-19-9-10)18-14(17-12)11-3-4-11/h5-7,9,11H,2-4,8H2,1H3,(H2,15,16,17,18). The van der Waals surface area contributed by atoms with Gasteiger partial charge in [0, 0.05) is 30.6 Å². The second-order valence-electron chi connectivity index (χ2n) is 4.79. The number of aromatic nitrogens is 2. The van der Waals surface area contributed by atoms with Gasteiger partial charge < -0.3 is 15.1 Å². The number of anilines is 2. The van der Waals surface area contributed by atoms with Gasteiger partial charge in [-0.15, -0.1) is 0 Å². The maximum Gasteiger partial charge on any atom is 0.136 e. The molecule has 0 radical (unpaired) electrons. The quantitative estimate of drug-likeness (QED) is 0.834. The largest absolute Gasteiger partial charge is 0.472 e. The summed E-state index contributed by atoms with van der Waals surface area (Å²) >= 11 is 0. The highest BCUT2D eigenvalue weighted by molar-refractivity contribution is 5.48. The van der Waals surface area contributed by atoms with Gasteiger partial charge in [-0.25, -0.2) is 9.97 Å². The summed E-state index contributed by atoms with van der Waals surface area (Å²) in [5.74, 6) is 3.27. The van der Waals surface area contributed by atoms with Crippen molar-refractivity contribution in [3.05, 3.63) is 36.0 Å². The summed E-state index contributed by atoms with van der Waals surface area (Å²) in [4.78, 5) is 9.13. The Balaban J connectivity index is 1.74.